The molecule has 5 rings (SSSR count). The molecule has 2 aliphatic rings. The number of nitrogens with zero attached hydrogens (tertiary/aromatic N) is 1. The van der Waals surface area contributed by atoms with E-state index in [0.717, 1.165) is 10.5 Å². The lowest BCUT2D eigenvalue weighted by atomic mass is 9.90. The van der Waals surface area contributed by atoms with Gasteiger partial charge in [0.05, 0.1) is 0 Å². The number of ether oxygens (including phenoxy) is 4. The molecule has 2 unspecified atom stereocenters. The SMILES string of the molecule is CC1(C)[C@H](C(=O)OCc2ccccc2)N2C(=O)[C@@](NC=O)(NC(=O)C(NC(=O)OCC(Cl)(Cl)Cl)c3ccc(OC(=O)OCc4ccccc4)cc3)[C@H]2[S+]1[O-]. The van der Waals surface area contributed by atoms with Gasteiger partial charge < -0.3 is 39.5 Å². The molecule has 286 valence electrons. The summed E-state index contributed by atoms with van der Waals surface area (Å²) in [7, 11) is 0. The first-order valence-corrected chi connectivity index (χ1v) is 18.4. The van der Waals surface area contributed by atoms with E-state index < -0.39 is 79.5 Å². The molecule has 0 aliphatic carbocycles. The average Bonchev–Trinajstić information content (AvgIpc) is 3.34. The molecular formula is C35H33Cl3N4O11S. The van der Waals surface area contributed by atoms with Crippen molar-refractivity contribution in [3.05, 3.63) is 102 Å². The van der Waals surface area contributed by atoms with Gasteiger partial charge in [0.1, 0.15) is 31.6 Å². The molecule has 2 aliphatic heterocycles. The van der Waals surface area contributed by atoms with Gasteiger partial charge in [-0.1, -0.05) is 108 Å². The number of hydrogen-bond acceptors (Lipinski definition) is 11. The Kier molecular flexibility index (Phi) is 12.5. The van der Waals surface area contributed by atoms with E-state index in [0.29, 0.717) is 5.56 Å². The third-order valence-electron chi connectivity index (χ3n) is 8.41. The Morgan fingerprint density at radius 1 is 0.907 bits per heavy atom. The summed E-state index contributed by atoms with van der Waals surface area (Å²) in [6.45, 7) is 2.09. The fraction of sp³-hybridized carbons (Fsp3) is 0.314. The number of β-lactam (4-membered cyclic amide) rings is 1. The minimum atomic E-state index is -2.32. The maximum Gasteiger partial charge on any atom is 0.514 e. The average molecular weight is 824 g/mol. The number of carbonyl (C=O) groups is 6. The molecule has 2 saturated heterocycles. The summed E-state index contributed by atoms with van der Waals surface area (Å²) in [6, 6.07) is 19.8. The quantitative estimate of drug-likeness (QED) is 0.0330. The van der Waals surface area contributed by atoms with E-state index >= 15 is 0 Å². The summed E-state index contributed by atoms with van der Waals surface area (Å²) >= 11 is 15.0. The zero-order valence-corrected chi connectivity index (χ0v) is 31.6. The van der Waals surface area contributed by atoms with Crippen molar-refractivity contribution in [2.75, 3.05) is 6.61 Å². The van der Waals surface area contributed by atoms with Gasteiger partial charge in [0, 0.05) is 0 Å². The highest BCUT2D eigenvalue weighted by molar-refractivity contribution is 7.94. The van der Waals surface area contributed by atoms with Crippen LogP contribution in [0, 0.1) is 0 Å². The van der Waals surface area contributed by atoms with Crippen molar-refractivity contribution < 1.29 is 52.3 Å². The van der Waals surface area contributed by atoms with Crippen LogP contribution in [0.2, 0.25) is 0 Å². The Morgan fingerprint density at radius 3 is 2.04 bits per heavy atom. The highest BCUT2D eigenvalue weighted by Gasteiger charge is 2.80. The van der Waals surface area contributed by atoms with Crippen molar-refractivity contribution in [2.45, 2.75) is 58.7 Å². The number of hydrogen-bond donors (Lipinski definition) is 3. The van der Waals surface area contributed by atoms with Gasteiger partial charge in [0.2, 0.25) is 21.5 Å². The van der Waals surface area contributed by atoms with Gasteiger partial charge in [-0.05, 0) is 53.8 Å². The Hall–Kier alpha value is -4.74. The van der Waals surface area contributed by atoms with Crippen molar-refractivity contribution in [1.29, 1.82) is 0 Å². The van der Waals surface area contributed by atoms with Crippen molar-refractivity contribution in [2.24, 2.45) is 0 Å². The highest BCUT2D eigenvalue weighted by Crippen LogP contribution is 2.50. The molecule has 54 heavy (non-hydrogen) atoms. The fourth-order valence-corrected chi connectivity index (χ4v) is 7.98. The largest absolute Gasteiger partial charge is 0.614 e. The van der Waals surface area contributed by atoms with E-state index in [1.165, 1.54) is 38.1 Å². The van der Waals surface area contributed by atoms with Crippen LogP contribution in [0.25, 0.3) is 0 Å². The number of alkyl halides is 3. The summed E-state index contributed by atoms with van der Waals surface area (Å²) in [5.41, 5.74) is -0.859. The Labute approximate surface area is 327 Å². The van der Waals surface area contributed by atoms with Crippen LogP contribution in [-0.4, -0.2) is 78.1 Å². The Bertz CT molecular complexity index is 1870. The molecule has 2 heterocycles. The second kappa shape index (κ2) is 16.7. The van der Waals surface area contributed by atoms with E-state index in [-0.39, 0.29) is 30.9 Å². The first kappa shape index (κ1) is 40.4. The molecule has 19 heteroatoms. The third kappa shape index (κ3) is 8.96. The molecule has 2 fully saturated rings. The number of esters is 1. The molecule has 0 radical (unpaired) electrons. The molecule has 5 atom stereocenters. The summed E-state index contributed by atoms with van der Waals surface area (Å²) in [4.78, 5) is 79.4. The lowest BCUT2D eigenvalue weighted by Gasteiger charge is -2.50. The van der Waals surface area contributed by atoms with Gasteiger partial charge in [-0.25, -0.2) is 14.4 Å². The minimum absolute atomic E-state index is 0.00688. The molecule has 0 spiro atoms. The van der Waals surface area contributed by atoms with Gasteiger partial charge in [-0.15, -0.1) is 0 Å². The standard InChI is InChI=1S/C35H33Cl3N4O11S/c1-33(2)26(28(45)50-17-21-9-5-3-6-10-21)42-29(46)35(39-20-43,30(42)54(33)49)41-27(44)25(40-31(47)52-19-34(36,37)38)23-13-15-24(16-14-23)53-32(48)51-18-22-11-7-4-8-12-22/h3-16,20,25-26,30H,17-19H2,1-2H3,(H,39,43)(H,40,47)(H,41,44)/t25?,26-,30+,35+,54?/m0/s1. The van der Waals surface area contributed by atoms with Crippen molar-refractivity contribution in [1.82, 2.24) is 20.9 Å². The van der Waals surface area contributed by atoms with E-state index in [1.807, 2.05) is 6.07 Å². The van der Waals surface area contributed by atoms with Gasteiger partial charge in [-0.3, -0.25) is 19.3 Å². The maximum atomic E-state index is 14.0. The lowest BCUT2D eigenvalue weighted by Crippen LogP contribution is -2.86. The smallest absolute Gasteiger partial charge is 0.514 e. The predicted molar refractivity (Wildman–Crippen MR) is 194 cm³/mol. The second-order valence-corrected chi connectivity index (χ2v) is 17.1. The van der Waals surface area contributed by atoms with Crippen molar-refractivity contribution in [3.63, 3.8) is 0 Å². The number of alkyl carbamates (subject to hydrolysis) is 1. The molecule has 3 aromatic rings. The second-order valence-electron chi connectivity index (χ2n) is 12.5. The molecule has 0 aromatic heterocycles. The van der Waals surface area contributed by atoms with E-state index in [9.17, 15) is 33.3 Å². The van der Waals surface area contributed by atoms with Crippen LogP contribution in [0.1, 0.15) is 36.6 Å². The third-order valence-corrected chi connectivity index (χ3v) is 11.0. The molecule has 15 nitrogen and oxygen atoms in total. The first-order valence-electron chi connectivity index (χ1n) is 16.0. The maximum absolute atomic E-state index is 14.0. The molecule has 4 amide bonds. The zero-order valence-electron chi connectivity index (χ0n) is 28.5. The number of fused-ring (bicyclic) bond motifs is 1. The topological polar surface area (TPSA) is 202 Å². The van der Waals surface area contributed by atoms with Gasteiger partial charge in [0.15, 0.2) is 10.8 Å². The molecule has 3 N–H and O–H groups in total. The van der Waals surface area contributed by atoms with Crippen LogP contribution < -0.4 is 20.7 Å². The molecule has 0 bridgehead atoms. The monoisotopic (exact) mass is 822 g/mol. The van der Waals surface area contributed by atoms with Crippen molar-refractivity contribution in [3.8, 4) is 5.75 Å². The molecular weight excluding hydrogens is 791 g/mol. The first-order chi connectivity index (χ1) is 25.6. The summed E-state index contributed by atoms with van der Waals surface area (Å²) < 4.78 is 31.3. The van der Waals surface area contributed by atoms with Crippen LogP contribution in [-0.2, 0) is 57.8 Å². The number of nitrogens with one attached hydrogen (secondary N) is 3. The summed E-state index contributed by atoms with van der Waals surface area (Å²) in [6.07, 6.45) is -2.11. The summed E-state index contributed by atoms with van der Waals surface area (Å²) in [5.74, 6) is -2.90. The number of halogens is 3. The Morgan fingerprint density at radius 2 is 1.48 bits per heavy atom. The van der Waals surface area contributed by atoms with Gasteiger partial charge in [0.25, 0.3) is 11.6 Å². The van der Waals surface area contributed by atoms with Gasteiger partial charge in [-0.2, -0.15) is 0 Å². The van der Waals surface area contributed by atoms with Crippen LogP contribution in [0.3, 0.4) is 0 Å². The van der Waals surface area contributed by atoms with Crippen LogP contribution in [0.4, 0.5) is 9.59 Å². The van der Waals surface area contributed by atoms with E-state index in [4.69, 9.17) is 53.8 Å². The number of carbonyl (C=O) groups excluding carboxylic acids is 6. The van der Waals surface area contributed by atoms with Gasteiger partial charge >= 0.3 is 18.2 Å². The van der Waals surface area contributed by atoms with Crippen LogP contribution >= 0.6 is 34.8 Å². The predicted octanol–water partition coefficient (Wildman–Crippen LogP) is 3.92. The molecule has 0 saturated carbocycles. The molecule has 3 aromatic carbocycles. The van der Waals surface area contributed by atoms with Crippen molar-refractivity contribution >= 4 is 82.4 Å². The highest BCUT2D eigenvalue weighted by atomic mass is 35.6. The number of amides is 4. The fourth-order valence-electron chi connectivity index (χ4n) is 5.83. The number of rotatable bonds is 13. The lowest BCUT2D eigenvalue weighted by molar-refractivity contribution is -0.174. The summed E-state index contributed by atoms with van der Waals surface area (Å²) in [5, 5.41) is 5.57. The van der Waals surface area contributed by atoms with E-state index in [2.05, 4.69) is 16.0 Å². The Balaban J connectivity index is 1.35. The van der Waals surface area contributed by atoms with E-state index in [1.54, 1.807) is 54.6 Å². The zero-order chi connectivity index (χ0) is 39.3. The number of benzene rings is 3. The normalized spacial score (nSPS) is 21.7. The minimum Gasteiger partial charge on any atom is -0.614 e. The van der Waals surface area contributed by atoms with Crippen LogP contribution in [0.5, 0.6) is 5.75 Å². The van der Waals surface area contributed by atoms with Crippen LogP contribution in [0.15, 0.2) is 84.9 Å².